The summed E-state index contributed by atoms with van der Waals surface area (Å²) < 4.78 is 5.12. The van der Waals surface area contributed by atoms with Gasteiger partial charge in [0.05, 0.1) is 12.2 Å². The van der Waals surface area contributed by atoms with Crippen molar-refractivity contribution in [1.82, 2.24) is 10.3 Å². The summed E-state index contributed by atoms with van der Waals surface area (Å²) in [5, 5.41) is 3.48. The summed E-state index contributed by atoms with van der Waals surface area (Å²) >= 11 is 0. The highest BCUT2D eigenvalue weighted by molar-refractivity contribution is 5.92. The number of carbonyl (C=O) groups excluding carboxylic acids is 1. The number of hydrogen-bond acceptors (Lipinski definition) is 3. The SMILES string of the molecule is CCOC(=O)c1c(C)[nH]c(CN[C@@H](C)c2ccccc2)c1C. The van der Waals surface area contributed by atoms with Crippen LogP contribution >= 0.6 is 0 Å². The van der Waals surface area contributed by atoms with E-state index in [1.54, 1.807) is 0 Å². The molecule has 0 aliphatic rings. The van der Waals surface area contributed by atoms with Gasteiger partial charge in [-0.05, 0) is 38.8 Å². The molecule has 0 saturated heterocycles. The smallest absolute Gasteiger partial charge is 0.340 e. The van der Waals surface area contributed by atoms with Crippen LogP contribution in [0.3, 0.4) is 0 Å². The Bertz CT molecular complexity index is 632. The Morgan fingerprint density at radius 1 is 1.27 bits per heavy atom. The van der Waals surface area contributed by atoms with Gasteiger partial charge in [0.2, 0.25) is 0 Å². The Balaban J connectivity index is 2.08. The third-order valence-electron chi connectivity index (χ3n) is 3.91. The Kier molecular flexibility index (Phi) is 5.39. The number of ether oxygens (including phenoxy) is 1. The lowest BCUT2D eigenvalue weighted by Gasteiger charge is -2.14. The summed E-state index contributed by atoms with van der Waals surface area (Å²) in [5.74, 6) is -0.254. The second kappa shape index (κ2) is 7.27. The molecule has 2 aromatic rings. The fourth-order valence-corrected chi connectivity index (χ4v) is 2.62. The van der Waals surface area contributed by atoms with Gasteiger partial charge in [0.15, 0.2) is 0 Å². The number of carbonyl (C=O) groups is 1. The van der Waals surface area contributed by atoms with Crippen molar-refractivity contribution in [3.8, 4) is 0 Å². The average Bonchev–Trinajstić information content (AvgIpc) is 2.80. The van der Waals surface area contributed by atoms with Crippen LogP contribution in [0.25, 0.3) is 0 Å². The molecule has 1 aromatic heterocycles. The van der Waals surface area contributed by atoms with E-state index < -0.39 is 0 Å². The minimum atomic E-state index is -0.254. The van der Waals surface area contributed by atoms with Crippen LogP contribution in [0.15, 0.2) is 30.3 Å². The van der Waals surface area contributed by atoms with Crippen LogP contribution in [0, 0.1) is 13.8 Å². The molecule has 22 heavy (non-hydrogen) atoms. The molecule has 118 valence electrons. The minimum Gasteiger partial charge on any atom is -0.462 e. The van der Waals surface area contributed by atoms with Crippen LogP contribution in [0.4, 0.5) is 0 Å². The van der Waals surface area contributed by atoms with E-state index in [9.17, 15) is 4.79 Å². The lowest BCUT2D eigenvalue weighted by atomic mass is 10.1. The van der Waals surface area contributed by atoms with E-state index in [4.69, 9.17) is 4.74 Å². The fraction of sp³-hybridized carbons (Fsp3) is 0.389. The number of esters is 1. The first kappa shape index (κ1) is 16.3. The molecule has 1 aromatic carbocycles. The Labute approximate surface area is 131 Å². The quantitative estimate of drug-likeness (QED) is 0.801. The zero-order valence-electron chi connectivity index (χ0n) is 13.7. The first-order valence-electron chi connectivity index (χ1n) is 7.68. The van der Waals surface area contributed by atoms with Crippen molar-refractivity contribution >= 4 is 5.97 Å². The van der Waals surface area contributed by atoms with Gasteiger partial charge < -0.3 is 15.0 Å². The number of aromatic nitrogens is 1. The van der Waals surface area contributed by atoms with Gasteiger partial charge in [-0.2, -0.15) is 0 Å². The maximum Gasteiger partial charge on any atom is 0.340 e. The van der Waals surface area contributed by atoms with Crippen LogP contribution in [0.2, 0.25) is 0 Å². The van der Waals surface area contributed by atoms with Crippen molar-refractivity contribution in [2.45, 2.75) is 40.3 Å². The van der Waals surface area contributed by atoms with Crippen molar-refractivity contribution in [3.63, 3.8) is 0 Å². The van der Waals surface area contributed by atoms with E-state index >= 15 is 0 Å². The normalized spacial score (nSPS) is 12.2. The standard InChI is InChI=1S/C18H24N2O2/c1-5-22-18(21)17-12(2)16(20-14(17)4)11-19-13(3)15-9-7-6-8-10-15/h6-10,13,19-20H,5,11H2,1-4H3/t13-/m0/s1. The molecule has 0 unspecified atom stereocenters. The predicted molar refractivity (Wildman–Crippen MR) is 87.9 cm³/mol. The van der Waals surface area contributed by atoms with Gasteiger partial charge in [0, 0.05) is 24.0 Å². The zero-order valence-corrected chi connectivity index (χ0v) is 13.7. The fourth-order valence-electron chi connectivity index (χ4n) is 2.62. The summed E-state index contributed by atoms with van der Waals surface area (Å²) in [6.45, 7) is 8.89. The minimum absolute atomic E-state index is 0.246. The van der Waals surface area contributed by atoms with Crippen molar-refractivity contribution in [2.75, 3.05) is 6.61 Å². The van der Waals surface area contributed by atoms with Gasteiger partial charge in [-0.25, -0.2) is 4.79 Å². The average molecular weight is 300 g/mol. The van der Waals surface area contributed by atoms with Gasteiger partial charge >= 0.3 is 5.97 Å². The molecular formula is C18H24N2O2. The van der Waals surface area contributed by atoms with Crippen LogP contribution in [0.5, 0.6) is 0 Å². The Hall–Kier alpha value is -2.07. The number of rotatable bonds is 6. The van der Waals surface area contributed by atoms with Gasteiger partial charge in [-0.15, -0.1) is 0 Å². The largest absolute Gasteiger partial charge is 0.462 e. The van der Waals surface area contributed by atoms with E-state index in [0.29, 0.717) is 18.7 Å². The molecular weight excluding hydrogens is 276 g/mol. The van der Waals surface area contributed by atoms with E-state index in [2.05, 4.69) is 29.4 Å². The van der Waals surface area contributed by atoms with E-state index in [-0.39, 0.29) is 12.0 Å². The number of aromatic amines is 1. The van der Waals surface area contributed by atoms with Gasteiger partial charge in [0.1, 0.15) is 0 Å². The molecule has 0 saturated carbocycles. The maximum absolute atomic E-state index is 12.0. The Morgan fingerprint density at radius 2 is 1.95 bits per heavy atom. The molecule has 1 heterocycles. The second-order valence-corrected chi connectivity index (χ2v) is 5.46. The summed E-state index contributed by atoms with van der Waals surface area (Å²) in [6, 6.07) is 10.5. The molecule has 0 bridgehead atoms. The number of aryl methyl sites for hydroxylation is 1. The van der Waals surface area contributed by atoms with E-state index in [0.717, 1.165) is 17.0 Å². The third kappa shape index (κ3) is 3.57. The molecule has 1 atom stereocenters. The number of benzene rings is 1. The van der Waals surface area contributed by atoms with E-state index in [1.165, 1.54) is 5.56 Å². The van der Waals surface area contributed by atoms with E-state index in [1.807, 2.05) is 39.0 Å². The lowest BCUT2D eigenvalue weighted by molar-refractivity contribution is 0.0525. The van der Waals surface area contributed by atoms with Crippen molar-refractivity contribution in [3.05, 3.63) is 58.4 Å². The maximum atomic E-state index is 12.0. The number of nitrogens with one attached hydrogen (secondary N) is 2. The third-order valence-corrected chi connectivity index (χ3v) is 3.91. The number of H-pyrrole nitrogens is 1. The van der Waals surface area contributed by atoms with Gasteiger partial charge in [-0.1, -0.05) is 30.3 Å². The molecule has 0 aliphatic heterocycles. The molecule has 4 heteroatoms. The van der Waals surface area contributed by atoms with Crippen molar-refractivity contribution in [2.24, 2.45) is 0 Å². The zero-order chi connectivity index (χ0) is 16.1. The molecule has 2 N–H and O–H groups in total. The lowest BCUT2D eigenvalue weighted by Crippen LogP contribution is -2.18. The highest BCUT2D eigenvalue weighted by Crippen LogP contribution is 2.20. The monoisotopic (exact) mass is 300 g/mol. The van der Waals surface area contributed by atoms with Crippen LogP contribution < -0.4 is 5.32 Å². The van der Waals surface area contributed by atoms with Crippen molar-refractivity contribution in [1.29, 1.82) is 0 Å². The summed E-state index contributed by atoms with van der Waals surface area (Å²) in [6.07, 6.45) is 0. The first-order chi connectivity index (χ1) is 10.5. The van der Waals surface area contributed by atoms with Crippen molar-refractivity contribution < 1.29 is 9.53 Å². The summed E-state index contributed by atoms with van der Waals surface area (Å²) in [5.41, 5.74) is 4.76. The molecule has 0 fully saturated rings. The van der Waals surface area contributed by atoms with Gasteiger partial charge in [-0.3, -0.25) is 0 Å². The second-order valence-electron chi connectivity index (χ2n) is 5.46. The molecule has 0 aliphatic carbocycles. The Morgan fingerprint density at radius 3 is 2.59 bits per heavy atom. The molecule has 2 rings (SSSR count). The summed E-state index contributed by atoms with van der Waals surface area (Å²) in [7, 11) is 0. The van der Waals surface area contributed by atoms with Crippen LogP contribution in [0.1, 0.15) is 52.8 Å². The topological polar surface area (TPSA) is 54.1 Å². The summed E-state index contributed by atoms with van der Waals surface area (Å²) in [4.78, 5) is 15.3. The molecule has 0 amide bonds. The number of hydrogen-bond donors (Lipinski definition) is 2. The van der Waals surface area contributed by atoms with Gasteiger partial charge in [0.25, 0.3) is 0 Å². The highest BCUT2D eigenvalue weighted by atomic mass is 16.5. The highest BCUT2D eigenvalue weighted by Gasteiger charge is 2.19. The molecule has 4 nitrogen and oxygen atoms in total. The van der Waals surface area contributed by atoms with Crippen LogP contribution in [-0.2, 0) is 11.3 Å². The van der Waals surface area contributed by atoms with Crippen LogP contribution in [-0.4, -0.2) is 17.6 Å². The molecule has 0 spiro atoms. The molecule has 0 radical (unpaired) electrons. The predicted octanol–water partition coefficient (Wildman–Crippen LogP) is 3.66. The first-order valence-corrected chi connectivity index (χ1v) is 7.68.